The van der Waals surface area contributed by atoms with Crippen LogP contribution >= 0.6 is 0 Å². The number of nitrogens with zero attached hydrogens (tertiary/aromatic N) is 3. The lowest BCUT2D eigenvalue weighted by Gasteiger charge is -2.18. The highest BCUT2D eigenvalue weighted by atomic mass is 16.5. The van der Waals surface area contributed by atoms with Gasteiger partial charge in [0.15, 0.2) is 0 Å². The Kier molecular flexibility index (Phi) is 6.12. The summed E-state index contributed by atoms with van der Waals surface area (Å²) in [4.78, 5) is 23.0. The molecule has 1 heterocycles. The maximum atomic E-state index is 12.4. The van der Waals surface area contributed by atoms with Crippen LogP contribution in [0.15, 0.2) is 36.7 Å². The fourth-order valence-corrected chi connectivity index (χ4v) is 2.23. The number of hydrogen-bond acceptors (Lipinski definition) is 5. The van der Waals surface area contributed by atoms with E-state index in [1.807, 2.05) is 50.8 Å². The van der Waals surface area contributed by atoms with Crippen LogP contribution in [0.4, 0.5) is 11.6 Å². The Bertz CT molecular complexity index is 667. The number of aromatic nitrogens is 2. The van der Waals surface area contributed by atoms with Gasteiger partial charge in [0.1, 0.15) is 5.75 Å². The average Bonchev–Trinajstić information content (AvgIpc) is 2.58. The van der Waals surface area contributed by atoms with E-state index in [9.17, 15) is 4.79 Å². The van der Waals surface area contributed by atoms with E-state index in [2.05, 4.69) is 15.3 Å². The van der Waals surface area contributed by atoms with Gasteiger partial charge in [0.05, 0.1) is 17.4 Å². The summed E-state index contributed by atoms with van der Waals surface area (Å²) in [6.45, 7) is 9.61. The Balaban J connectivity index is 2.13. The molecule has 1 aromatic heterocycles. The summed E-state index contributed by atoms with van der Waals surface area (Å²) in [5.41, 5.74) is 1.04. The molecule has 0 spiro atoms. The van der Waals surface area contributed by atoms with Crippen LogP contribution in [-0.2, 0) is 0 Å². The highest BCUT2D eigenvalue weighted by molar-refractivity contribution is 6.04. The molecule has 0 radical (unpaired) electrons. The summed E-state index contributed by atoms with van der Waals surface area (Å²) in [5, 5.41) is 2.85. The highest BCUT2D eigenvalue weighted by Gasteiger charge is 2.12. The Hall–Kier alpha value is -2.63. The molecule has 6 nitrogen and oxygen atoms in total. The minimum absolute atomic E-state index is 0.0275. The van der Waals surface area contributed by atoms with Crippen LogP contribution in [0.1, 0.15) is 38.1 Å². The summed E-state index contributed by atoms with van der Waals surface area (Å²) in [6.07, 6.45) is 3.11. The standard InChI is InChI=1S/C18H24N4O2/c1-5-22(6-2)18-19-11-14(12-20-18)17(23)21-15-9-7-8-10-16(15)24-13(3)4/h7-13H,5-6H2,1-4H3,(H,21,23). The Morgan fingerprint density at radius 2 is 1.79 bits per heavy atom. The average molecular weight is 328 g/mol. The van der Waals surface area contributed by atoms with Gasteiger partial charge in [-0.05, 0) is 39.8 Å². The van der Waals surface area contributed by atoms with Crippen molar-refractivity contribution in [1.82, 2.24) is 9.97 Å². The molecule has 2 aromatic rings. The molecule has 6 heteroatoms. The number of para-hydroxylation sites is 2. The minimum atomic E-state index is -0.263. The molecule has 0 atom stereocenters. The Labute approximate surface area is 142 Å². The summed E-state index contributed by atoms with van der Waals surface area (Å²) in [5.74, 6) is 1.00. The SMILES string of the molecule is CCN(CC)c1ncc(C(=O)Nc2ccccc2OC(C)C)cn1. The van der Waals surface area contributed by atoms with E-state index in [0.717, 1.165) is 13.1 Å². The number of amides is 1. The first kappa shape index (κ1) is 17.7. The number of anilines is 2. The topological polar surface area (TPSA) is 67.4 Å². The van der Waals surface area contributed by atoms with Crippen molar-refractivity contribution in [2.75, 3.05) is 23.3 Å². The number of benzene rings is 1. The van der Waals surface area contributed by atoms with E-state index >= 15 is 0 Å². The first-order chi connectivity index (χ1) is 11.5. The van der Waals surface area contributed by atoms with Crippen molar-refractivity contribution >= 4 is 17.5 Å². The normalized spacial score (nSPS) is 10.5. The number of carbonyl (C=O) groups excluding carboxylic acids is 1. The van der Waals surface area contributed by atoms with Crippen LogP contribution in [-0.4, -0.2) is 35.1 Å². The van der Waals surface area contributed by atoms with E-state index < -0.39 is 0 Å². The monoisotopic (exact) mass is 328 g/mol. The first-order valence-corrected chi connectivity index (χ1v) is 8.19. The van der Waals surface area contributed by atoms with Gasteiger partial charge in [-0.2, -0.15) is 0 Å². The number of rotatable bonds is 7. The summed E-state index contributed by atoms with van der Waals surface area (Å²) in [6, 6.07) is 7.36. The number of ether oxygens (including phenoxy) is 1. The number of carbonyl (C=O) groups is 1. The van der Waals surface area contributed by atoms with Gasteiger partial charge in [0, 0.05) is 25.5 Å². The second-order valence-corrected chi connectivity index (χ2v) is 5.56. The lowest BCUT2D eigenvalue weighted by atomic mass is 10.2. The maximum Gasteiger partial charge on any atom is 0.258 e. The lowest BCUT2D eigenvalue weighted by Crippen LogP contribution is -2.24. The molecule has 0 aliphatic heterocycles. The first-order valence-electron chi connectivity index (χ1n) is 8.19. The zero-order valence-corrected chi connectivity index (χ0v) is 14.6. The van der Waals surface area contributed by atoms with Gasteiger partial charge in [-0.15, -0.1) is 0 Å². The second-order valence-electron chi connectivity index (χ2n) is 5.56. The van der Waals surface area contributed by atoms with Gasteiger partial charge < -0.3 is 15.0 Å². The number of nitrogens with one attached hydrogen (secondary N) is 1. The smallest absolute Gasteiger partial charge is 0.258 e. The van der Waals surface area contributed by atoms with Crippen molar-refractivity contribution in [3.05, 3.63) is 42.2 Å². The maximum absolute atomic E-state index is 12.4. The highest BCUT2D eigenvalue weighted by Crippen LogP contribution is 2.25. The van der Waals surface area contributed by atoms with Crippen LogP contribution in [0.5, 0.6) is 5.75 Å². The van der Waals surface area contributed by atoms with Crippen LogP contribution < -0.4 is 15.0 Å². The summed E-state index contributed by atoms with van der Waals surface area (Å²) in [7, 11) is 0. The summed E-state index contributed by atoms with van der Waals surface area (Å²) >= 11 is 0. The predicted molar refractivity (Wildman–Crippen MR) is 95.8 cm³/mol. The fraction of sp³-hybridized carbons (Fsp3) is 0.389. The van der Waals surface area contributed by atoms with E-state index in [1.54, 1.807) is 18.5 Å². The van der Waals surface area contributed by atoms with Gasteiger partial charge >= 0.3 is 0 Å². The zero-order chi connectivity index (χ0) is 17.5. The van der Waals surface area contributed by atoms with Crippen LogP contribution in [0.3, 0.4) is 0 Å². The molecule has 0 unspecified atom stereocenters. The molecule has 0 saturated heterocycles. The van der Waals surface area contributed by atoms with Gasteiger partial charge in [-0.25, -0.2) is 9.97 Å². The van der Waals surface area contributed by atoms with Crippen LogP contribution in [0, 0.1) is 0 Å². The van der Waals surface area contributed by atoms with Crippen molar-refractivity contribution in [3.8, 4) is 5.75 Å². The Morgan fingerprint density at radius 1 is 1.17 bits per heavy atom. The van der Waals surface area contributed by atoms with Gasteiger partial charge in [0.2, 0.25) is 5.95 Å². The molecule has 0 fully saturated rings. The molecule has 2 rings (SSSR count). The lowest BCUT2D eigenvalue weighted by molar-refractivity contribution is 0.102. The van der Waals surface area contributed by atoms with Crippen molar-refractivity contribution in [1.29, 1.82) is 0 Å². The minimum Gasteiger partial charge on any atom is -0.489 e. The van der Waals surface area contributed by atoms with Gasteiger partial charge in [0.25, 0.3) is 5.91 Å². The quantitative estimate of drug-likeness (QED) is 0.844. The molecule has 128 valence electrons. The predicted octanol–water partition coefficient (Wildman–Crippen LogP) is 3.36. The summed E-state index contributed by atoms with van der Waals surface area (Å²) < 4.78 is 5.71. The van der Waals surface area contributed by atoms with Crippen LogP contribution in [0.25, 0.3) is 0 Å². The largest absolute Gasteiger partial charge is 0.489 e. The molecular weight excluding hydrogens is 304 g/mol. The zero-order valence-electron chi connectivity index (χ0n) is 14.6. The third kappa shape index (κ3) is 4.44. The van der Waals surface area contributed by atoms with E-state index in [0.29, 0.717) is 22.9 Å². The third-order valence-corrected chi connectivity index (χ3v) is 3.44. The molecule has 24 heavy (non-hydrogen) atoms. The van der Waals surface area contributed by atoms with Crippen LogP contribution in [0.2, 0.25) is 0 Å². The van der Waals surface area contributed by atoms with Gasteiger partial charge in [-0.3, -0.25) is 4.79 Å². The molecule has 0 saturated carbocycles. The van der Waals surface area contributed by atoms with Crippen molar-refractivity contribution < 1.29 is 9.53 Å². The molecule has 0 aliphatic rings. The van der Waals surface area contributed by atoms with Crippen molar-refractivity contribution in [2.24, 2.45) is 0 Å². The van der Waals surface area contributed by atoms with E-state index in [-0.39, 0.29) is 12.0 Å². The van der Waals surface area contributed by atoms with Crippen molar-refractivity contribution in [2.45, 2.75) is 33.8 Å². The Morgan fingerprint density at radius 3 is 2.38 bits per heavy atom. The fourth-order valence-electron chi connectivity index (χ4n) is 2.23. The van der Waals surface area contributed by atoms with Crippen molar-refractivity contribution in [3.63, 3.8) is 0 Å². The molecule has 0 aliphatic carbocycles. The molecule has 1 N–H and O–H groups in total. The van der Waals surface area contributed by atoms with E-state index in [4.69, 9.17) is 4.74 Å². The third-order valence-electron chi connectivity index (χ3n) is 3.44. The molecule has 1 amide bonds. The van der Waals surface area contributed by atoms with Gasteiger partial charge in [-0.1, -0.05) is 12.1 Å². The molecule has 1 aromatic carbocycles. The second kappa shape index (κ2) is 8.29. The number of hydrogen-bond donors (Lipinski definition) is 1. The molecule has 0 bridgehead atoms. The molecular formula is C18H24N4O2. The van der Waals surface area contributed by atoms with E-state index in [1.165, 1.54) is 0 Å².